The summed E-state index contributed by atoms with van der Waals surface area (Å²) in [4.78, 5) is 10.3. The van der Waals surface area contributed by atoms with Gasteiger partial charge in [-0.15, -0.1) is 0 Å². The highest BCUT2D eigenvalue weighted by molar-refractivity contribution is 5.74. The summed E-state index contributed by atoms with van der Waals surface area (Å²) in [6, 6.07) is 10.2. The van der Waals surface area contributed by atoms with Crippen molar-refractivity contribution in [3.05, 3.63) is 48.0 Å². The standard InChI is InChI=1S/C12H14NO/c13-12(14)10-6-2-5-9-11-7-3-1-4-8-11/h1-4,6-8,13H,5,9-10H2/b6-2+. The minimum Gasteiger partial charge on any atom is -0.273 e. The van der Waals surface area contributed by atoms with E-state index in [4.69, 9.17) is 5.73 Å². The number of hydrogen-bond donors (Lipinski definition) is 0. The normalized spacial score (nSPS) is 10.6. The molecule has 0 bridgehead atoms. The molecule has 1 rings (SSSR count). The summed E-state index contributed by atoms with van der Waals surface area (Å²) in [5.41, 5.74) is 7.99. The maximum Gasteiger partial charge on any atom is 0.242 e. The first-order valence-corrected chi connectivity index (χ1v) is 4.72. The van der Waals surface area contributed by atoms with Gasteiger partial charge in [-0.05, 0) is 18.4 Å². The molecule has 0 heterocycles. The molecule has 0 aliphatic rings. The Bertz CT molecular complexity index is 303. The zero-order valence-electron chi connectivity index (χ0n) is 8.07. The van der Waals surface area contributed by atoms with E-state index in [-0.39, 0.29) is 6.42 Å². The third kappa shape index (κ3) is 4.45. The Morgan fingerprint density at radius 3 is 2.57 bits per heavy atom. The smallest absolute Gasteiger partial charge is 0.242 e. The van der Waals surface area contributed by atoms with Gasteiger partial charge in [0.1, 0.15) is 0 Å². The molecular formula is C12H14NO. The van der Waals surface area contributed by atoms with Crippen molar-refractivity contribution in [2.45, 2.75) is 19.3 Å². The number of aryl methyl sites for hydroxylation is 1. The number of carbonyl (C=O) groups excluding carboxylic acids is 1. The first kappa shape index (κ1) is 10.5. The quantitative estimate of drug-likeness (QED) is 0.654. The second kappa shape index (κ2) is 5.97. The number of carbonyl (C=O) groups is 1. The van der Waals surface area contributed by atoms with Crippen LogP contribution < -0.4 is 5.73 Å². The van der Waals surface area contributed by atoms with Crippen LogP contribution in [-0.4, -0.2) is 5.91 Å². The fourth-order valence-corrected chi connectivity index (χ4v) is 1.20. The highest BCUT2D eigenvalue weighted by Crippen LogP contribution is 2.02. The number of benzene rings is 1. The Hall–Kier alpha value is -1.57. The van der Waals surface area contributed by atoms with Crippen LogP contribution in [0.5, 0.6) is 0 Å². The lowest BCUT2D eigenvalue weighted by atomic mass is 10.1. The summed E-state index contributed by atoms with van der Waals surface area (Å²) >= 11 is 0. The summed E-state index contributed by atoms with van der Waals surface area (Å²) in [5.74, 6) is -0.527. The molecule has 2 nitrogen and oxygen atoms in total. The van der Waals surface area contributed by atoms with E-state index in [1.54, 1.807) is 6.08 Å². The molecule has 1 aromatic rings. The average Bonchev–Trinajstić information content (AvgIpc) is 2.18. The molecule has 0 saturated carbocycles. The molecule has 0 atom stereocenters. The minimum absolute atomic E-state index is 0.231. The predicted molar refractivity (Wildman–Crippen MR) is 56.6 cm³/mol. The predicted octanol–water partition coefficient (Wildman–Crippen LogP) is 2.38. The van der Waals surface area contributed by atoms with Gasteiger partial charge in [-0.3, -0.25) is 10.5 Å². The molecule has 0 aromatic heterocycles. The molecule has 1 radical (unpaired) electrons. The van der Waals surface area contributed by atoms with Crippen LogP contribution >= 0.6 is 0 Å². The summed E-state index contributed by atoms with van der Waals surface area (Å²) in [7, 11) is 0. The van der Waals surface area contributed by atoms with Crippen molar-refractivity contribution < 1.29 is 4.79 Å². The van der Waals surface area contributed by atoms with Gasteiger partial charge in [-0.2, -0.15) is 0 Å². The third-order valence-electron chi connectivity index (χ3n) is 1.91. The largest absolute Gasteiger partial charge is 0.273 e. The Labute approximate surface area is 84.4 Å². The fraction of sp³-hybridized carbons (Fsp3) is 0.250. The maximum absolute atomic E-state index is 10.3. The van der Waals surface area contributed by atoms with E-state index in [0.717, 1.165) is 12.8 Å². The fourth-order valence-electron chi connectivity index (χ4n) is 1.20. The minimum atomic E-state index is -0.527. The second-order valence-corrected chi connectivity index (χ2v) is 3.12. The van der Waals surface area contributed by atoms with Gasteiger partial charge in [-0.25, -0.2) is 0 Å². The van der Waals surface area contributed by atoms with Crippen molar-refractivity contribution in [3.63, 3.8) is 0 Å². The van der Waals surface area contributed by atoms with E-state index in [2.05, 4.69) is 12.1 Å². The third-order valence-corrected chi connectivity index (χ3v) is 1.91. The zero-order chi connectivity index (χ0) is 10.2. The molecule has 2 heteroatoms. The molecule has 1 N–H and O–H groups in total. The molecule has 73 valence electrons. The Morgan fingerprint density at radius 1 is 1.21 bits per heavy atom. The molecule has 0 fully saturated rings. The lowest BCUT2D eigenvalue weighted by Crippen LogP contribution is -1.93. The molecule has 1 aromatic carbocycles. The lowest BCUT2D eigenvalue weighted by Gasteiger charge is -1.95. The van der Waals surface area contributed by atoms with Gasteiger partial charge in [0.05, 0.1) is 0 Å². The molecule has 1 amide bonds. The zero-order valence-corrected chi connectivity index (χ0v) is 8.07. The first-order valence-electron chi connectivity index (χ1n) is 4.72. The Kier molecular flexibility index (Phi) is 4.48. The topological polar surface area (TPSA) is 40.9 Å². The van der Waals surface area contributed by atoms with Crippen LogP contribution in [0.2, 0.25) is 0 Å². The van der Waals surface area contributed by atoms with Crippen molar-refractivity contribution in [2.24, 2.45) is 0 Å². The lowest BCUT2D eigenvalue weighted by molar-refractivity contribution is -0.117. The molecule has 0 unspecified atom stereocenters. The van der Waals surface area contributed by atoms with Crippen molar-refractivity contribution >= 4 is 5.91 Å². The summed E-state index contributed by atoms with van der Waals surface area (Å²) in [5, 5.41) is 0. The van der Waals surface area contributed by atoms with E-state index in [1.807, 2.05) is 24.3 Å². The Morgan fingerprint density at radius 2 is 1.93 bits per heavy atom. The molecule has 0 spiro atoms. The van der Waals surface area contributed by atoms with Gasteiger partial charge >= 0.3 is 0 Å². The van der Waals surface area contributed by atoms with E-state index in [9.17, 15) is 4.79 Å². The molecule has 0 aliphatic carbocycles. The van der Waals surface area contributed by atoms with Crippen LogP contribution in [0.25, 0.3) is 0 Å². The van der Waals surface area contributed by atoms with Crippen LogP contribution in [0, 0.1) is 0 Å². The number of rotatable bonds is 5. The van der Waals surface area contributed by atoms with Crippen molar-refractivity contribution in [1.82, 2.24) is 5.73 Å². The number of nitrogens with one attached hydrogen (secondary N) is 1. The monoisotopic (exact) mass is 188 g/mol. The van der Waals surface area contributed by atoms with Gasteiger partial charge in [0.2, 0.25) is 5.91 Å². The van der Waals surface area contributed by atoms with Gasteiger partial charge in [0, 0.05) is 6.42 Å². The van der Waals surface area contributed by atoms with Crippen molar-refractivity contribution in [1.29, 1.82) is 0 Å². The van der Waals surface area contributed by atoms with Crippen LogP contribution in [-0.2, 0) is 11.2 Å². The van der Waals surface area contributed by atoms with Gasteiger partial charge in [-0.1, -0.05) is 42.5 Å². The van der Waals surface area contributed by atoms with Crippen LogP contribution in [0.15, 0.2) is 42.5 Å². The summed E-state index contributed by atoms with van der Waals surface area (Å²) in [6.07, 6.45) is 5.87. The molecule has 14 heavy (non-hydrogen) atoms. The molecular weight excluding hydrogens is 174 g/mol. The average molecular weight is 188 g/mol. The molecule has 0 aliphatic heterocycles. The first-order chi connectivity index (χ1) is 6.79. The maximum atomic E-state index is 10.3. The Balaban J connectivity index is 2.22. The summed E-state index contributed by atoms with van der Waals surface area (Å²) in [6.45, 7) is 0. The highest BCUT2D eigenvalue weighted by atomic mass is 16.1. The number of allylic oxidation sites excluding steroid dienone is 1. The van der Waals surface area contributed by atoms with E-state index in [1.165, 1.54) is 5.56 Å². The van der Waals surface area contributed by atoms with Crippen LogP contribution in [0.1, 0.15) is 18.4 Å². The molecule has 0 saturated heterocycles. The van der Waals surface area contributed by atoms with Crippen LogP contribution in [0.3, 0.4) is 0 Å². The van der Waals surface area contributed by atoms with E-state index in [0.29, 0.717) is 0 Å². The van der Waals surface area contributed by atoms with E-state index >= 15 is 0 Å². The second-order valence-electron chi connectivity index (χ2n) is 3.12. The van der Waals surface area contributed by atoms with Crippen molar-refractivity contribution in [2.75, 3.05) is 0 Å². The van der Waals surface area contributed by atoms with Crippen LogP contribution in [0.4, 0.5) is 0 Å². The van der Waals surface area contributed by atoms with Gasteiger partial charge in [0.25, 0.3) is 0 Å². The van der Waals surface area contributed by atoms with Gasteiger partial charge in [0.15, 0.2) is 0 Å². The van der Waals surface area contributed by atoms with Gasteiger partial charge < -0.3 is 0 Å². The SMILES string of the molecule is [NH]C(=O)C/C=C/CCc1ccccc1. The van der Waals surface area contributed by atoms with Crippen molar-refractivity contribution in [3.8, 4) is 0 Å². The number of amides is 1. The highest BCUT2D eigenvalue weighted by Gasteiger charge is 1.89. The van der Waals surface area contributed by atoms with E-state index < -0.39 is 5.91 Å². The number of hydrogen-bond acceptors (Lipinski definition) is 1. The summed E-state index contributed by atoms with van der Waals surface area (Å²) < 4.78 is 0.